The van der Waals surface area contributed by atoms with Crippen LogP contribution in [0.15, 0.2) is 70.6 Å². The molecule has 0 aromatic heterocycles. The molecule has 2 aliphatic rings. The van der Waals surface area contributed by atoms with Crippen molar-refractivity contribution in [1.82, 2.24) is 9.62 Å². The first-order chi connectivity index (χ1) is 19.2. The summed E-state index contributed by atoms with van der Waals surface area (Å²) in [6.45, 7) is 5.15. The number of morpholine rings is 1. The first-order valence-corrected chi connectivity index (χ1v) is 14.3. The number of aryl methyl sites for hydroxylation is 1. The van der Waals surface area contributed by atoms with Crippen LogP contribution in [-0.2, 0) is 9.53 Å². The summed E-state index contributed by atoms with van der Waals surface area (Å²) in [7, 11) is 3.31. The number of benzodiazepines with no additional fused rings is 1. The van der Waals surface area contributed by atoms with Gasteiger partial charge in [0.25, 0.3) is 5.91 Å². The zero-order valence-electron chi connectivity index (χ0n) is 22.4. The number of hydrogen-bond acceptors (Lipinski definition) is 6. The minimum Gasteiger partial charge on any atom is -0.378 e. The molecule has 11 heteroatoms. The Labute approximate surface area is 248 Å². The standard InChI is InChI=1S/C29H29Cl2N5O3S/c1-18-16-20(36-12-14-39-15-13-36)9-11-25(18)40-35(3)29(38)33-27-28(37)34(2)24-10-8-19(30)17-22(24)26(32-27)21-6-4-5-7-23(21)31/h4-11,16-17,27H,12-15H2,1-3H3,(H,33,38). The number of urea groups is 1. The topological polar surface area (TPSA) is 77.5 Å². The van der Waals surface area contributed by atoms with Gasteiger partial charge in [0.1, 0.15) is 0 Å². The second-order valence-electron chi connectivity index (χ2n) is 9.51. The summed E-state index contributed by atoms with van der Waals surface area (Å²) in [4.78, 5) is 36.3. The highest BCUT2D eigenvalue weighted by molar-refractivity contribution is 7.97. The Morgan fingerprint density at radius 2 is 1.82 bits per heavy atom. The second kappa shape index (κ2) is 12.1. The number of hydrogen-bond donors (Lipinski definition) is 1. The van der Waals surface area contributed by atoms with Gasteiger partial charge in [-0.25, -0.2) is 9.79 Å². The van der Waals surface area contributed by atoms with Crippen LogP contribution >= 0.6 is 35.1 Å². The van der Waals surface area contributed by atoms with E-state index in [1.54, 1.807) is 38.4 Å². The Morgan fingerprint density at radius 1 is 1.07 bits per heavy atom. The van der Waals surface area contributed by atoms with E-state index < -0.39 is 12.2 Å². The molecule has 3 amide bonds. The van der Waals surface area contributed by atoms with Crippen molar-refractivity contribution in [3.05, 3.63) is 87.4 Å². The maximum Gasteiger partial charge on any atom is 0.329 e. The van der Waals surface area contributed by atoms with Crippen LogP contribution in [0.4, 0.5) is 16.2 Å². The van der Waals surface area contributed by atoms with Crippen LogP contribution < -0.4 is 15.1 Å². The molecule has 0 spiro atoms. The molecular formula is C29H29Cl2N5O3S. The number of halogens is 2. The first kappa shape index (κ1) is 28.3. The Balaban J connectivity index is 1.39. The predicted octanol–water partition coefficient (Wildman–Crippen LogP) is 5.63. The maximum absolute atomic E-state index is 13.5. The average Bonchev–Trinajstić information content (AvgIpc) is 3.05. The molecule has 40 heavy (non-hydrogen) atoms. The second-order valence-corrected chi connectivity index (χ2v) is 11.5. The summed E-state index contributed by atoms with van der Waals surface area (Å²) in [5.74, 6) is -0.386. The molecular weight excluding hydrogens is 569 g/mol. The Kier molecular flexibility index (Phi) is 8.56. The van der Waals surface area contributed by atoms with Crippen LogP contribution in [0.5, 0.6) is 0 Å². The van der Waals surface area contributed by atoms with E-state index in [0.29, 0.717) is 45.8 Å². The zero-order chi connectivity index (χ0) is 28.4. The van der Waals surface area contributed by atoms with Gasteiger partial charge >= 0.3 is 6.03 Å². The van der Waals surface area contributed by atoms with Gasteiger partial charge in [0, 0.05) is 58.9 Å². The number of likely N-dealkylation sites (N-methyl/N-ethyl adjacent to an activating group) is 1. The summed E-state index contributed by atoms with van der Waals surface area (Å²) >= 11 is 14.2. The van der Waals surface area contributed by atoms with Gasteiger partial charge in [-0.1, -0.05) is 41.4 Å². The van der Waals surface area contributed by atoms with Gasteiger partial charge in [-0.15, -0.1) is 0 Å². The number of nitrogens with zero attached hydrogens (tertiary/aromatic N) is 4. The van der Waals surface area contributed by atoms with E-state index in [9.17, 15) is 9.59 Å². The summed E-state index contributed by atoms with van der Waals surface area (Å²) in [6, 6.07) is 18.2. The lowest BCUT2D eigenvalue weighted by molar-refractivity contribution is -0.119. The van der Waals surface area contributed by atoms with Gasteiger partial charge < -0.3 is 19.9 Å². The third kappa shape index (κ3) is 5.93. The molecule has 2 heterocycles. The third-order valence-corrected chi connectivity index (χ3v) is 8.50. The van der Waals surface area contributed by atoms with Gasteiger partial charge in [0.05, 0.1) is 24.6 Å². The minimum atomic E-state index is -1.18. The number of fused-ring (bicyclic) bond motifs is 1. The highest BCUT2D eigenvalue weighted by Gasteiger charge is 2.32. The SMILES string of the molecule is Cc1cc(N2CCOCC2)ccc1SN(C)C(=O)NC1N=C(c2ccccc2Cl)c2cc(Cl)ccc2N(C)C1=O. The van der Waals surface area contributed by atoms with Crippen molar-refractivity contribution in [3.8, 4) is 0 Å². The molecule has 0 bridgehead atoms. The van der Waals surface area contributed by atoms with Gasteiger partial charge in [0.2, 0.25) is 6.17 Å². The molecule has 3 aromatic rings. The Morgan fingerprint density at radius 3 is 2.55 bits per heavy atom. The average molecular weight is 599 g/mol. The van der Waals surface area contributed by atoms with Crippen molar-refractivity contribution in [3.63, 3.8) is 0 Å². The quantitative estimate of drug-likeness (QED) is 0.386. The lowest BCUT2D eigenvalue weighted by atomic mass is 10.00. The van der Waals surface area contributed by atoms with Crippen LogP contribution in [0.25, 0.3) is 0 Å². The Bertz CT molecular complexity index is 1480. The van der Waals surface area contributed by atoms with Gasteiger partial charge in [-0.2, -0.15) is 0 Å². The van der Waals surface area contributed by atoms with Crippen molar-refractivity contribution in [2.75, 3.05) is 50.2 Å². The molecule has 1 fully saturated rings. The number of anilines is 2. The van der Waals surface area contributed by atoms with E-state index >= 15 is 0 Å². The van der Waals surface area contributed by atoms with Gasteiger partial charge in [-0.05, 0) is 66.9 Å². The lowest BCUT2D eigenvalue weighted by Crippen LogP contribution is -2.48. The van der Waals surface area contributed by atoms with Crippen molar-refractivity contribution < 1.29 is 14.3 Å². The minimum absolute atomic E-state index is 0.386. The van der Waals surface area contributed by atoms with Crippen LogP contribution in [0.3, 0.4) is 0 Å². The highest BCUT2D eigenvalue weighted by Crippen LogP contribution is 2.33. The number of nitrogens with one attached hydrogen (secondary N) is 1. The highest BCUT2D eigenvalue weighted by atomic mass is 35.5. The maximum atomic E-state index is 13.5. The molecule has 2 aliphatic heterocycles. The van der Waals surface area contributed by atoms with Crippen molar-refractivity contribution >= 4 is 64.2 Å². The van der Waals surface area contributed by atoms with E-state index in [0.717, 1.165) is 29.2 Å². The van der Waals surface area contributed by atoms with E-state index in [-0.39, 0.29) is 5.91 Å². The molecule has 1 saturated heterocycles. The normalized spacial score (nSPS) is 17.2. The van der Waals surface area contributed by atoms with Crippen molar-refractivity contribution in [2.24, 2.45) is 4.99 Å². The van der Waals surface area contributed by atoms with Crippen LogP contribution in [0.2, 0.25) is 10.0 Å². The molecule has 208 valence electrons. The monoisotopic (exact) mass is 597 g/mol. The number of benzene rings is 3. The fourth-order valence-corrected chi connectivity index (χ4v) is 5.82. The summed E-state index contributed by atoms with van der Waals surface area (Å²) in [5.41, 5.74) is 4.54. The van der Waals surface area contributed by atoms with E-state index in [2.05, 4.69) is 22.3 Å². The summed E-state index contributed by atoms with van der Waals surface area (Å²) < 4.78 is 6.92. The van der Waals surface area contributed by atoms with E-state index in [4.69, 9.17) is 32.9 Å². The van der Waals surface area contributed by atoms with Gasteiger partial charge in [-0.3, -0.25) is 9.10 Å². The fourth-order valence-electron chi connectivity index (χ4n) is 4.66. The molecule has 0 aliphatic carbocycles. The Hall–Kier alpha value is -3.24. The number of carbonyl (C=O) groups is 2. The van der Waals surface area contributed by atoms with Crippen molar-refractivity contribution in [1.29, 1.82) is 0 Å². The number of amides is 3. The van der Waals surface area contributed by atoms with Crippen LogP contribution in [-0.4, -0.2) is 68.5 Å². The molecule has 1 atom stereocenters. The first-order valence-electron chi connectivity index (χ1n) is 12.8. The smallest absolute Gasteiger partial charge is 0.329 e. The molecule has 1 unspecified atom stereocenters. The van der Waals surface area contributed by atoms with Crippen LogP contribution in [0.1, 0.15) is 16.7 Å². The number of aliphatic imine (C=N–C) groups is 1. The van der Waals surface area contributed by atoms with Gasteiger partial charge in [0.15, 0.2) is 0 Å². The fraction of sp³-hybridized carbons (Fsp3) is 0.276. The zero-order valence-corrected chi connectivity index (χ0v) is 24.7. The van der Waals surface area contributed by atoms with E-state index in [1.165, 1.54) is 21.2 Å². The molecule has 1 N–H and O–H groups in total. The summed E-state index contributed by atoms with van der Waals surface area (Å²) in [5, 5.41) is 3.76. The molecule has 3 aromatic carbocycles. The molecule has 0 saturated carbocycles. The largest absolute Gasteiger partial charge is 0.378 e. The molecule has 8 nitrogen and oxygen atoms in total. The number of rotatable bonds is 5. The predicted molar refractivity (Wildman–Crippen MR) is 162 cm³/mol. The molecule has 5 rings (SSSR count). The van der Waals surface area contributed by atoms with Crippen molar-refractivity contribution in [2.45, 2.75) is 18.0 Å². The summed E-state index contributed by atoms with van der Waals surface area (Å²) in [6.07, 6.45) is -1.18. The third-order valence-electron chi connectivity index (χ3n) is 6.84. The number of carbonyl (C=O) groups excluding carboxylic acids is 2. The molecule has 0 radical (unpaired) electrons. The number of ether oxygens (including phenoxy) is 1. The van der Waals surface area contributed by atoms with Crippen LogP contribution in [0, 0.1) is 6.92 Å². The van der Waals surface area contributed by atoms with E-state index in [1.807, 2.05) is 31.2 Å². The lowest BCUT2D eigenvalue weighted by Gasteiger charge is -2.29.